The van der Waals surface area contributed by atoms with Gasteiger partial charge in [0.2, 0.25) is 5.91 Å². The third kappa shape index (κ3) is 5.48. The Morgan fingerprint density at radius 1 is 1.14 bits per heavy atom. The van der Waals surface area contributed by atoms with E-state index in [1.165, 1.54) is 18.2 Å². The van der Waals surface area contributed by atoms with E-state index in [2.05, 4.69) is 20.8 Å². The molecule has 1 saturated carbocycles. The molecule has 2 N–H and O–H groups in total. The van der Waals surface area contributed by atoms with Crippen molar-refractivity contribution in [1.82, 2.24) is 20.4 Å². The number of alkyl halides is 2. The Labute approximate surface area is 206 Å². The minimum atomic E-state index is -3.39. The van der Waals surface area contributed by atoms with Crippen LogP contribution in [0.4, 0.5) is 14.6 Å². The first-order chi connectivity index (χ1) is 16.4. The zero-order valence-corrected chi connectivity index (χ0v) is 20.3. The fourth-order valence-corrected chi connectivity index (χ4v) is 4.07. The van der Waals surface area contributed by atoms with E-state index < -0.39 is 42.3 Å². The molecule has 3 amide bonds. The summed E-state index contributed by atoms with van der Waals surface area (Å²) in [6.07, 6.45) is 1.62. The molecule has 0 saturated heterocycles. The predicted molar refractivity (Wildman–Crippen MR) is 125 cm³/mol. The minimum absolute atomic E-state index is 0.0480. The Balaban J connectivity index is 1.47. The van der Waals surface area contributed by atoms with Gasteiger partial charge in [0, 0.05) is 17.0 Å². The lowest BCUT2D eigenvalue weighted by Gasteiger charge is -2.26. The largest absolute Gasteiger partial charge is 0.309 e. The summed E-state index contributed by atoms with van der Waals surface area (Å²) in [4.78, 5) is 37.9. The van der Waals surface area contributed by atoms with E-state index in [1.54, 1.807) is 32.9 Å². The van der Waals surface area contributed by atoms with Gasteiger partial charge in [-0.3, -0.25) is 19.3 Å². The van der Waals surface area contributed by atoms with Crippen molar-refractivity contribution >= 4 is 35.1 Å². The first-order valence-electron chi connectivity index (χ1n) is 11.3. The highest BCUT2D eigenvalue weighted by Gasteiger charge is 2.43. The van der Waals surface area contributed by atoms with E-state index in [-0.39, 0.29) is 33.9 Å². The number of anilines is 1. The molecule has 35 heavy (non-hydrogen) atoms. The predicted octanol–water partition coefficient (Wildman–Crippen LogP) is 4.09. The lowest BCUT2D eigenvalue weighted by molar-refractivity contribution is -0.123. The first-order valence-corrected chi connectivity index (χ1v) is 11.7. The molecule has 0 bridgehead atoms. The molecule has 2 heterocycles. The van der Waals surface area contributed by atoms with Crippen LogP contribution in [0.2, 0.25) is 5.15 Å². The summed E-state index contributed by atoms with van der Waals surface area (Å²) in [5, 5.41) is 13.4. The number of amides is 3. The maximum Gasteiger partial charge on any atom is 0.278 e. The van der Waals surface area contributed by atoms with Gasteiger partial charge in [-0.2, -0.15) is 0 Å². The second-order valence-corrected chi connectivity index (χ2v) is 10.3. The van der Waals surface area contributed by atoms with Gasteiger partial charge in [-0.1, -0.05) is 44.5 Å². The molecule has 2 aliphatic rings. The van der Waals surface area contributed by atoms with Crippen molar-refractivity contribution < 1.29 is 23.2 Å². The molecule has 186 valence electrons. The summed E-state index contributed by atoms with van der Waals surface area (Å²) in [6.45, 7) is 3.41. The van der Waals surface area contributed by atoms with Crippen LogP contribution in [0.5, 0.6) is 0 Å². The van der Waals surface area contributed by atoms with Gasteiger partial charge < -0.3 is 10.6 Å². The molecule has 1 aromatic heterocycles. The van der Waals surface area contributed by atoms with Crippen LogP contribution in [0, 0.1) is 11.3 Å². The van der Waals surface area contributed by atoms with Gasteiger partial charge in [0.15, 0.2) is 11.0 Å². The number of imide groups is 1. The number of rotatable bonds is 8. The number of nitrogens with zero attached hydrogens (tertiary/aromatic N) is 3. The standard InChI is InChI=1S/C24H26ClF2N5O3/c1-23(2,3)22(35)29-17-10-16(19(25)31-30-17)18(13-8-9-13)28-11-24(26,27)12-32-20(33)14-6-4-5-7-15(14)21(32)34/h4-7,10,13,18,28H,8-9,11-12H2,1-3H3,(H,29,30,35)/t18-/m1/s1. The quantitative estimate of drug-likeness (QED) is 0.524. The summed E-state index contributed by atoms with van der Waals surface area (Å²) >= 11 is 6.26. The monoisotopic (exact) mass is 505 g/mol. The van der Waals surface area contributed by atoms with Gasteiger partial charge in [0.1, 0.15) is 0 Å². The van der Waals surface area contributed by atoms with Gasteiger partial charge in [0.05, 0.1) is 24.2 Å². The van der Waals surface area contributed by atoms with Crippen LogP contribution in [0.25, 0.3) is 0 Å². The normalized spacial score (nSPS) is 16.9. The van der Waals surface area contributed by atoms with Crippen molar-refractivity contribution in [2.75, 3.05) is 18.4 Å². The summed E-state index contributed by atoms with van der Waals surface area (Å²) in [7, 11) is 0. The number of carbonyl (C=O) groups excluding carboxylic acids is 3. The fraction of sp³-hybridized carbons (Fsp3) is 0.458. The molecule has 1 aliphatic carbocycles. The highest BCUT2D eigenvalue weighted by Crippen LogP contribution is 2.43. The van der Waals surface area contributed by atoms with Crippen LogP contribution in [0.1, 0.15) is 65.9 Å². The van der Waals surface area contributed by atoms with Gasteiger partial charge in [-0.25, -0.2) is 8.78 Å². The summed E-state index contributed by atoms with van der Waals surface area (Å²) in [6, 6.07) is 7.04. The molecule has 1 aromatic carbocycles. The highest BCUT2D eigenvalue weighted by atomic mass is 35.5. The van der Waals surface area contributed by atoms with Gasteiger partial charge in [0.25, 0.3) is 17.7 Å². The van der Waals surface area contributed by atoms with Crippen molar-refractivity contribution in [2.45, 2.75) is 45.6 Å². The van der Waals surface area contributed by atoms with Crippen molar-refractivity contribution in [3.05, 3.63) is 52.2 Å². The van der Waals surface area contributed by atoms with Crippen molar-refractivity contribution in [3.63, 3.8) is 0 Å². The van der Waals surface area contributed by atoms with Crippen molar-refractivity contribution in [3.8, 4) is 0 Å². The van der Waals surface area contributed by atoms with E-state index in [1.807, 2.05) is 0 Å². The van der Waals surface area contributed by atoms with E-state index in [9.17, 15) is 23.2 Å². The highest BCUT2D eigenvalue weighted by molar-refractivity contribution is 6.30. The Morgan fingerprint density at radius 2 is 1.74 bits per heavy atom. The third-order valence-corrected chi connectivity index (χ3v) is 6.27. The van der Waals surface area contributed by atoms with Crippen molar-refractivity contribution in [2.24, 2.45) is 11.3 Å². The first kappa shape index (κ1) is 25.1. The van der Waals surface area contributed by atoms with Crippen LogP contribution in [-0.2, 0) is 4.79 Å². The molecule has 2 aromatic rings. The molecule has 1 atom stereocenters. The number of carbonyl (C=O) groups is 3. The summed E-state index contributed by atoms with van der Waals surface area (Å²) < 4.78 is 29.9. The summed E-state index contributed by atoms with van der Waals surface area (Å²) in [5.41, 5.74) is 0.0278. The lowest BCUT2D eigenvalue weighted by atomic mass is 9.96. The number of hydrogen-bond acceptors (Lipinski definition) is 6. The number of fused-ring (bicyclic) bond motifs is 1. The van der Waals surface area contributed by atoms with Crippen molar-refractivity contribution in [1.29, 1.82) is 0 Å². The third-order valence-electron chi connectivity index (χ3n) is 5.98. The number of nitrogens with one attached hydrogen (secondary N) is 2. The number of hydrogen-bond donors (Lipinski definition) is 2. The zero-order chi connectivity index (χ0) is 25.5. The van der Waals surface area contributed by atoms with Crippen LogP contribution in [-0.4, -0.2) is 51.8 Å². The number of aromatic nitrogens is 2. The molecule has 0 radical (unpaired) electrons. The van der Waals surface area contributed by atoms with E-state index in [0.29, 0.717) is 10.5 Å². The molecule has 1 aliphatic heterocycles. The maximum absolute atomic E-state index is 15.0. The van der Waals surface area contributed by atoms with Crippen LogP contribution < -0.4 is 10.6 Å². The molecule has 8 nitrogen and oxygen atoms in total. The summed E-state index contributed by atoms with van der Waals surface area (Å²) in [5.74, 6) is -4.90. The molecular weight excluding hydrogens is 480 g/mol. The molecular formula is C24H26ClF2N5O3. The van der Waals surface area contributed by atoms with Gasteiger partial charge in [-0.05, 0) is 37.0 Å². The average Bonchev–Trinajstić information content (AvgIpc) is 3.60. The topological polar surface area (TPSA) is 104 Å². The smallest absolute Gasteiger partial charge is 0.278 e. The second-order valence-electron chi connectivity index (χ2n) is 9.97. The van der Waals surface area contributed by atoms with Gasteiger partial charge >= 0.3 is 0 Å². The van der Waals surface area contributed by atoms with E-state index >= 15 is 0 Å². The lowest BCUT2D eigenvalue weighted by Crippen LogP contribution is -2.46. The Kier molecular flexibility index (Phi) is 6.63. The Hall–Kier alpha value is -2.98. The SMILES string of the molecule is CC(C)(C)C(=O)Nc1cc([C@H](NCC(F)(F)CN2C(=O)c3ccccc3C2=O)C2CC2)c(Cl)nn1. The fourth-order valence-electron chi connectivity index (χ4n) is 3.86. The molecule has 4 rings (SSSR count). The van der Waals surface area contributed by atoms with Crippen LogP contribution in [0.3, 0.4) is 0 Å². The zero-order valence-electron chi connectivity index (χ0n) is 19.6. The van der Waals surface area contributed by atoms with Crippen LogP contribution in [0.15, 0.2) is 30.3 Å². The molecule has 11 heteroatoms. The number of halogens is 3. The molecule has 1 fully saturated rings. The van der Waals surface area contributed by atoms with Crippen LogP contribution >= 0.6 is 11.6 Å². The Bertz CT molecular complexity index is 1140. The average molecular weight is 506 g/mol. The minimum Gasteiger partial charge on any atom is -0.309 e. The Morgan fingerprint density at radius 3 is 2.29 bits per heavy atom. The van der Waals surface area contributed by atoms with E-state index in [4.69, 9.17) is 11.6 Å². The maximum atomic E-state index is 15.0. The second kappa shape index (κ2) is 9.23. The van der Waals surface area contributed by atoms with Gasteiger partial charge in [-0.15, -0.1) is 10.2 Å². The number of benzene rings is 1. The molecule has 0 spiro atoms. The van der Waals surface area contributed by atoms with E-state index in [0.717, 1.165) is 12.8 Å². The molecule has 0 unspecified atom stereocenters.